The van der Waals surface area contributed by atoms with Gasteiger partial charge in [0, 0.05) is 18.0 Å². The molecule has 0 aliphatic heterocycles. The number of hydrogen-bond acceptors (Lipinski definition) is 5. The van der Waals surface area contributed by atoms with E-state index >= 15 is 0 Å². The molecule has 0 atom stereocenters. The van der Waals surface area contributed by atoms with E-state index in [0.29, 0.717) is 10.0 Å². The van der Waals surface area contributed by atoms with E-state index in [1.165, 1.54) is 20.3 Å². The molecule has 0 aromatic heterocycles. The summed E-state index contributed by atoms with van der Waals surface area (Å²) in [6.07, 6.45) is 0. The highest BCUT2D eigenvalue weighted by Gasteiger charge is 2.27. The lowest BCUT2D eigenvalue weighted by Gasteiger charge is -2.26. The van der Waals surface area contributed by atoms with Crippen LogP contribution in [0.15, 0.2) is 30.3 Å². The number of methoxy groups -OCH3 is 2. The molecule has 0 aliphatic carbocycles. The number of ether oxygens (including phenoxy) is 2. The van der Waals surface area contributed by atoms with E-state index in [1.807, 2.05) is 19.9 Å². The summed E-state index contributed by atoms with van der Waals surface area (Å²) in [5.74, 6) is -0.204. The topological polar surface area (TPSA) is 90.7 Å². The van der Waals surface area contributed by atoms with Crippen molar-refractivity contribution in [3.05, 3.63) is 61.6 Å². The first-order valence-corrected chi connectivity index (χ1v) is 9.00. The van der Waals surface area contributed by atoms with Gasteiger partial charge >= 0.3 is 0 Å². The van der Waals surface area contributed by atoms with Crippen molar-refractivity contribution in [2.45, 2.75) is 19.3 Å². The molecule has 1 N–H and O–H groups in total. The molecular formula is C19H20Cl2N2O5. The summed E-state index contributed by atoms with van der Waals surface area (Å²) < 4.78 is 10.2. The third-order valence-electron chi connectivity index (χ3n) is 4.34. The maximum Gasteiger partial charge on any atom is 0.286 e. The molecule has 150 valence electrons. The van der Waals surface area contributed by atoms with Crippen molar-refractivity contribution in [3.63, 3.8) is 0 Å². The molecule has 1 amide bonds. The molecule has 0 fully saturated rings. The molecule has 7 nitrogen and oxygen atoms in total. The van der Waals surface area contributed by atoms with Gasteiger partial charge < -0.3 is 14.8 Å². The number of carbonyl (C=O) groups excluding carboxylic acids is 1. The molecule has 0 saturated carbocycles. The number of halogens is 2. The fraction of sp³-hybridized carbons (Fsp3) is 0.316. The number of benzene rings is 2. The van der Waals surface area contributed by atoms with Crippen molar-refractivity contribution in [2.24, 2.45) is 0 Å². The van der Waals surface area contributed by atoms with E-state index in [2.05, 4.69) is 5.32 Å². The predicted molar refractivity (Wildman–Crippen MR) is 108 cm³/mol. The van der Waals surface area contributed by atoms with Gasteiger partial charge in [0.05, 0.1) is 35.3 Å². The molecule has 2 aromatic carbocycles. The summed E-state index contributed by atoms with van der Waals surface area (Å²) in [5, 5.41) is 15.0. The molecule has 0 saturated heterocycles. The lowest BCUT2D eigenvalue weighted by atomic mass is 9.84. The quantitative estimate of drug-likeness (QED) is 0.514. The Balaban J connectivity index is 2.28. The minimum atomic E-state index is -0.638. The van der Waals surface area contributed by atoms with Gasteiger partial charge in [-0.2, -0.15) is 0 Å². The Morgan fingerprint density at radius 1 is 1.11 bits per heavy atom. The van der Waals surface area contributed by atoms with Crippen LogP contribution >= 0.6 is 23.2 Å². The summed E-state index contributed by atoms with van der Waals surface area (Å²) in [6.45, 7) is 4.04. The smallest absolute Gasteiger partial charge is 0.286 e. The van der Waals surface area contributed by atoms with Gasteiger partial charge in [0.2, 0.25) is 0 Å². The van der Waals surface area contributed by atoms with Gasteiger partial charge in [-0.05, 0) is 17.7 Å². The zero-order valence-corrected chi connectivity index (χ0v) is 17.4. The molecule has 0 spiro atoms. The number of carbonyl (C=O) groups is 1. The lowest BCUT2D eigenvalue weighted by molar-refractivity contribution is -0.385. The fourth-order valence-corrected chi connectivity index (χ4v) is 2.91. The van der Waals surface area contributed by atoms with Crippen molar-refractivity contribution in [2.75, 3.05) is 20.8 Å². The molecule has 0 radical (unpaired) electrons. The molecular weight excluding hydrogens is 407 g/mol. The molecule has 28 heavy (non-hydrogen) atoms. The van der Waals surface area contributed by atoms with Crippen molar-refractivity contribution in [3.8, 4) is 11.5 Å². The van der Waals surface area contributed by atoms with Gasteiger partial charge in [0.25, 0.3) is 11.6 Å². The van der Waals surface area contributed by atoms with Crippen molar-refractivity contribution in [1.29, 1.82) is 0 Å². The third-order valence-corrected chi connectivity index (χ3v) is 5.07. The standard InChI is InChI=1S/C19H20Cl2N2O5/c1-19(2,11-5-6-13(20)14(21)7-11)10-22-18(24)12-8-16(27-3)17(28-4)9-15(12)23(25)26/h5-9H,10H2,1-4H3,(H,22,24). The first-order chi connectivity index (χ1) is 13.1. The van der Waals surface area contributed by atoms with Gasteiger partial charge in [-0.15, -0.1) is 0 Å². The minimum Gasteiger partial charge on any atom is -0.493 e. The van der Waals surface area contributed by atoms with Crippen LogP contribution in [0.2, 0.25) is 10.0 Å². The highest BCUT2D eigenvalue weighted by atomic mass is 35.5. The van der Waals surface area contributed by atoms with Crippen LogP contribution in [0.3, 0.4) is 0 Å². The molecule has 0 bridgehead atoms. The van der Waals surface area contributed by atoms with E-state index in [0.717, 1.165) is 11.6 Å². The van der Waals surface area contributed by atoms with Crippen molar-refractivity contribution >= 4 is 34.8 Å². The number of amides is 1. The van der Waals surface area contributed by atoms with Gasteiger partial charge in [-0.1, -0.05) is 43.1 Å². The lowest BCUT2D eigenvalue weighted by Crippen LogP contribution is -2.37. The number of nitrogens with one attached hydrogen (secondary N) is 1. The Morgan fingerprint density at radius 2 is 1.71 bits per heavy atom. The first kappa shape index (κ1) is 21.8. The molecule has 0 unspecified atom stereocenters. The van der Waals surface area contributed by atoms with Crippen LogP contribution in [-0.2, 0) is 5.41 Å². The summed E-state index contributed by atoms with van der Waals surface area (Å²) in [7, 11) is 2.75. The Kier molecular flexibility index (Phi) is 6.74. The molecule has 9 heteroatoms. The summed E-state index contributed by atoms with van der Waals surface area (Å²) in [6, 6.07) is 7.69. The van der Waals surface area contributed by atoms with Crippen LogP contribution in [0.25, 0.3) is 0 Å². The third kappa shape index (κ3) is 4.66. The number of rotatable bonds is 7. The van der Waals surface area contributed by atoms with Crippen LogP contribution in [0.5, 0.6) is 11.5 Å². The van der Waals surface area contributed by atoms with Gasteiger partial charge in [-0.3, -0.25) is 14.9 Å². The maximum atomic E-state index is 12.7. The van der Waals surface area contributed by atoms with E-state index < -0.39 is 16.2 Å². The average molecular weight is 427 g/mol. The van der Waals surface area contributed by atoms with Crippen LogP contribution in [0.4, 0.5) is 5.69 Å². The number of nitro groups is 1. The molecule has 0 aliphatic rings. The van der Waals surface area contributed by atoms with E-state index in [-0.39, 0.29) is 29.3 Å². The summed E-state index contributed by atoms with van der Waals surface area (Å²) in [4.78, 5) is 23.4. The van der Waals surface area contributed by atoms with Gasteiger partial charge in [0.15, 0.2) is 11.5 Å². The molecule has 2 aromatic rings. The molecule has 2 rings (SSSR count). The normalized spacial score (nSPS) is 11.1. The van der Waals surface area contributed by atoms with Crippen LogP contribution < -0.4 is 14.8 Å². The fourth-order valence-electron chi connectivity index (χ4n) is 2.62. The van der Waals surface area contributed by atoms with Crippen LogP contribution in [0.1, 0.15) is 29.8 Å². The largest absolute Gasteiger partial charge is 0.493 e. The second-order valence-corrected chi connectivity index (χ2v) is 7.49. The summed E-state index contributed by atoms with van der Waals surface area (Å²) >= 11 is 12.0. The Hall–Kier alpha value is -2.51. The highest BCUT2D eigenvalue weighted by molar-refractivity contribution is 6.42. The number of nitro benzene ring substituents is 1. The first-order valence-electron chi connectivity index (χ1n) is 8.25. The second-order valence-electron chi connectivity index (χ2n) is 6.68. The van der Waals surface area contributed by atoms with Crippen molar-refractivity contribution < 1.29 is 19.2 Å². The Morgan fingerprint density at radius 3 is 2.25 bits per heavy atom. The number of hydrogen-bond donors (Lipinski definition) is 1. The zero-order chi connectivity index (χ0) is 21.1. The Labute approximate surface area is 172 Å². The van der Waals surface area contributed by atoms with Crippen LogP contribution in [-0.4, -0.2) is 31.6 Å². The molecule has 0 heterocycles. The van der Waals surface area contributed by atoms with E-state index in [4.69, 9.17) is 32.7 Å². The maximum absolute atomic E-state index is 12.7. The van der Waals surface area contributed by atoms with Gasteiger partial charge in [0.1, 0.15) is 5.56 Å². The van der Waals surface area contributed by atoms with E-state index in [9.17, 15) is 14.9 Å². The number of nitrogens with zero attached hydrogens (tertiary/aromatic N) is 1. The average Bonchev–Trinajstić information content (AvgIpc) is 2.66. The van der Waals surface area contributed by atoms with Crippen molar-refractivity contribution in [1.82, 2.24) is 5.32 Å². The summed E-state index contributed by atoms with van der Waals surface area (Å²) in [5.41, 5.74) is -0.117. The Bertz CT molecular complexity index is 915. The SMILES string of the molecule is COc1cc(C(=O)NCC(C)(C)c2ccc(Cl)c(Cl)c2)c([N+](=O)[O-])cc1OC. The minimum absolute atomic E-state index is 0.118. The second kappa shape index (κ2) is 8.67. The van der Waals surface area contributed by atoms with Crippen LogP contribution in [0, 0.1) is 10.1 Å². The predicted octanol–water partition coefficient (Wildman–Crippen LogP) is 4.63. The highest BCUT2D eigenvalue weighted by Crippen LogP contribution is 2.35. The van der Waals surface area contributed by atoms with Gasteiger partial charge in [-0.25, -0.2) is 0 Å². The zero-order valence-electron chi connectivity index (χ0n) is 15.8. The van der Waals surface area contributed by atoms with E-state index in [1.54, 1.807) is 12.1 Å². The monoisotopic (exact) mass is 426 g/mol.